The fourth-order valence-corrected chi connectivity index (χ4v) is 3.87. The molecule has 2 aromatic rings. The van der Waals surface area contributed by atoms with Crippen molar-refractivity contribution < 1.29 is 23.5 Å². The lowest BCUT2D eigenvalue weighted by atomic mass is 9.96. The molecule has 0 aromatic heterocycles. The first-order valence-corrected chi connectivity index (χ1v) is 10.7. The maximum Gasteiger partial charge on any atom is 0.410 e. The quantitative estimate of drug-likeness (QED) is 0.638. The third-order valence-electron chi connectivity index (χ3n) is 5.20. The lowest BCUT2D eigenvalue weighted by molar-refractivity contribution is -0.123. The summed E-state index contributed by atoms with van der Waals surface area (Å²) in [7, 11) is 0. The first kappa shape index (κ1) is 22.1. The monoisotopic (exact) mass is 458 g/mol. The molecule has 0 saturated heterocycles. The van der Waals surface area contributed by atoms with Crippen molar-refractivity contribution in [3.8, 4) is 5.75 Å². The van der Waals surface area contributed by atoms with E-state index in [1.165, 1.54) is 12.1 Å². The summed E-state index contributed by atoms with van der Waals surface area (Å²) >= 11 is 5.84. The fourth-order valence-electron chi connectivity index (χ4n) is 3.71. The predicted octanol–water partition coefficient (Wildman–Crippen LogP) is 5.58. The third kappa shape index (κ3) is 4.58. The summed E-state index contributed by atoms with van der Waals surface area (Å²) in [5, 5.41) is 3.05. The van der Waals surface area contributed by atoms with Gasteiger partial charge in [-0.3, -0.25) is 4.79 Å². The highest BCUT2D eigenvalue weighted by Crippen LogP contribution is 2.42. The molecule has 0 aliphatic carbocycles. The standard InChI is InChI=1S/C24H24ClFN2O4/c1-24(2,3)32-23(30)28-11-9-14(10-12-28)16-5-4-6-19-20(16)31-21(22(29)27-19)17-8-7-15(25)13-18(17)26/h4-9,13,21H,10-12H2,1-3H3,(H,27,29). The Bertz CT molecular complexity index is 1110. The van der Waals surface area contributed by atoms with Crippen LogP contribution >= 0.6 is 11.6 Å². The second-order valence-corrected chi connectivity index (χ2v) is 9.18. The number of anilines is 1. The van der Waals surface area contributed by atoms with E-state index in [4.69, 9.17) is 21.1 Å². The van der Waals surface area contributed by atoms with E-state index < -0.39 is 23.4 Å². The Kier molecular flexibility index (Phi) is 5.86. The second-order valence-electron chi connectivity index (χ2n) is 8.74. The fraction of sp³-hybridized carbons (Fsp3) is 0.333. The summed E-state index contributed by atoms with van der Waals surface area (Å²) in [6.07, 6.45) is 1.04. The largest absolute Gasteiger partial charge is 0.473 e. The molecule has 6 nitrogen and oxygen atoms in total. The van der Waals surface area contributed by atoms with Crippen molar-refractivity contribution in [2.24, 2.45) is 0 Å². The highest BCUT2D eigenvalue weighted by atomic mass is 35.5. The maximum absolute atomic E-state index is 14.5. The molecular formula is C24H24ClFN2O4. The minimum absolute atomic E-state index is 0.112. The van der Waals surface area contributed by atoms with Crippen LogP contribution in [0.2, 0.25) is 5.02 Å². The van der Waals surface area contributed by atoms with Gasteiger partial charge in [0.15, 0.2) is 5.75 Å². The van der Waals surface area contributed by atoms with E-state index in [2.05, 4.69) is 5.32 Å². The van der Waals surface area contributed by atoms with Crippen LogP contribution in [0.15, 0.2) is 42.5 Å². The number of amides is 2. The van der Waals surface area contributed by atoms with Gasteiger partial charge in [-0.25, -0.2) is 9.18 Å². The van der Waals surface area contributed by atoms with Crippen molar-refractivity contribution >= 4 is 34.9 Å². The summed E-state index contributed by atoms with van der Waals surface area (Å²) in [5.74, 6) is -0.587. The van der Waals surface area contributed by atoms with Gasteiger partial charge in [0.05, 0.1) is 5.69 Å². The topological polar surface area (TPSA) is 67.9 Å². The van der Waals surface area contributed by atoms with Gasteiger partial charge >= 0.3 is 6.09 Å². The normalized spacial score (nSPS) is 18.3. The van der Waals surface area contributed by atoms with Gasteiger partial charge in [-0.2, -0.15) is 0 Å². The molecule has 0 saturated carbocycles. The molecule has 4 rings (SSSR count). The van der Waals surface area contributed by atoms with E-state index in [0.29, 0.717) is 30.9 Å². The number of nitrogens with zero attached hydrogens (tertiary/aromatic N) is 1. The lowest BCUT2D eigenvalue weighted by Gasteiger charge is -2.31. The summed E-state index contributed by atoms with van der Waals surface area (Å²) in [5.41, 5.74) is 1.85. The smallest absolute Gasteiger partial charge is 0.410 e. The van der Waals surface area contributed by atoms with Gasteiger partial charge in [0.25, 0.3) is 5.91 Å². The van der Waals surface area contributed by atoms with Crippen molar-refractivity contribution in [3.63, 3.8) is 0 Å². The molecule has 2 aromatic carbocycles. The van der Waals surface area contributed by atoms with Crippen LogP contribution < -0.4 is 10.1 Å². The van der Waals surface area contributed by atoms with Gasteiger partial charge in [-0.05, 0) is 51.0 Å². The SMILES string of the molecule is CC(C)(C)OC(=O)N1CC=C(c2cccc3c2OC(c2ccc(Cl)cc2F)C(=O)N3)CC1. The van der Waals surface area contributed by atoms with E-state index in [9.17, 15) is 14.0 Å². The van der Waals surface area contributed by atoms with Crippen LogP contribution in [0.1, 0.15) is 44.4 Å². The predicted molar refractivity (Wildman–Crippen MR) is 120 cm³/mol. The molecule has 168 valence electrons. The molecule has 2 aliphatic heterocycles. The van der Waals surface area contributed by atoms with Crippen LogP contribution in [0.25, 0.3) is 5.57 Å². The number of hydrogen-bond acceptors (Lipinski definition) is 4. The van der Waals surface area contributed by atoms with Crippen molar-refractivity contribution in [1.29, 1.82) is 0 Å². The number of carbonyl (C=O) groups excluding carboxylic acids is 2. The Morgan fingerprint density at radius 2 is 2.06 bits per heavy atom. The highest BCUT2D eigenvalue weighted by Gasteiger charge is 2.33. The Hall–Kier alpha value is -3.06. The van der Waals surface area contributed by atoms with Crippen molar-refractivity contribution in [2.45, 2.75) is 38.9 Å². The average Bonchev–Trinajstić information content (AvgIpc) is 2.72. The molecule has 32 heavy (non-hydrogen) atoms. The minimum Gasteiger partial charge on any atom is -0.473 e. The van der Waals surface area contributed by atoms with Crippen LogP contribution in [0, 0.1) is 5.82 Å². The molecule has 2 heterocycles. The summed E-state index contributed by atoms with van der Waals surface area (Å²) in [6, 6.07) is 9.58. The Balaban J connectivity index is 1.59. The molecule has 1 unspecified atom stereocenters. The van der Waals surface area contributed by atoms with Gasteiger partial charge in [0.2, 0.25) is 6.10 Å². The number of rotatable bonds is 2. The Labute approximate surface area is 190 Å². The molecule has 0 spiro atoms. The molecular weight excluding hydrogens is 435 g/mol. The van der Waals surface area contributed by atoms with E-state index >= 15 is 0 Å². The summed E-state index contributed by atoms with van der Waals surface area (Å²) in [4.78, 5) is 26.6. The van der Waals surface area contributed by atoms with Gasteiger partial charge < -0.3 is 19.7 Å². The number of para-hydroxylation sites is 1. The van der Waals surface area contributed by atoms with Gasteiger partial charge in [-0.15, -0.1) is 0 Å². The van der Waals surface area contributed by atoms with E-state index in [1.54, 1.807) is 11.0 Å². The van der Waals surface area contributed by atoms with Crippen LogP contribution in [-0.4, -0.2) is 35.6 Å². The molecule has 8 heteroatoms. The van der Waals surface area contributed by atoms with Crippen LogP contribution in [0.4, 0.5) is 14.9 Å². The zero-order valence-corrected chi connectivity index (χ0v) is 18.8. The van der Waals surface area contributed by atoms with Crippen molar-refractivity contribution in [2.75, 3.05) is 18.4 Å². The number of hydrogen-bond donors (Lipinski definition) is 1. The summed E-state index contributed by atoms with van der Waals surface area (Å²) < 4.78 is 25.9. The molecule has 1 atom stereocenters. The van der Waals surface area contributed by atoms with E-state index in [1.807, 2.05) is 39.0 Å². The minimum atomic E-state index is -1.14. The average molecular weight is 459 g/mol. The van der Waals surface area contributed by atoms with E-state index in [0.717, 1.165) is 17.2 Å². The number of ether oxygens (including phenoxy) is 2. The molecule has 2 aliphatic rings. The summed E-state index contributed by atoms with van der Waals surface area (Å²) in [6.45, 7) is 6.38. The zero-order valence-electron chi connectivity index (χ0n) is 18.1. The van der Waals surface area contributed by atoms with Gasteiger partial charge in [0.1, 0.15) is 11.4 Å². The van der Waals surface area contributed by atoms with Crippen molar-refractivity contribution in [1.82, 2.24) is 4.90 Å². The maximum atomic E-state index is 14.5. The molecule has 0 radical (unpaired) electrons. The number of halogens is 2. The Morgan fingerprint density at radius 3 is 2.72 bits per heavy atom. The molecule has 2 amide bonds. The Morgan fingerprint density at radius 1 is 1.28 bits per heavy atom. The van der Waals surface area contributed by atoms with E-state index in [-0.39, 0.29) is 16.7 Å². The van der Waals surface area contributed by atoms with Gasteiger partial charge in [-0.1, -0.05) is 35.9 Å². The number of fused-ring (bicyclic) bond motifs is 1. The molecule has 1 N–H and O–H groups in total. The molecule has 0 bridgehead atoms. The van der Waals surface area contributed by atoms with Crippen molar-refractivity contribution in [3.05, 3.63) is 64.4 Å². The lowest BCUT2D eigenvalue weighted by Crippen LogP contribution is -2.39. The number of benzene rings is 2. The first-order chi connectivity index (χ1) is 15.1. The zero-order chi connectivity index (χ0) is 23.0. The second kappa shape index (κ2) is 8.47. The molecule has 0 fully saturated rings. The third-order valence-corrected chi connectivity index (χ3v) is 5.43. The van der Waals surface area contributed by atoms with Crippen LogP contribution in [0.3, 0.4) is 0 Å². The van der Waals surface area contributed by atoms with Gasteiger partial charge in [0, 0.05) is 29.2 Å². The van der Waals surface area contributed by atoms with Crippen LogP contribution in [0.5, 0.6) is 5.75 Å². The first-order valence-electron chi connectivity index (χ1n) is 10.4. The van der Waals surface area contributed by atoms with Crippen LogP contribution in [-0.2, 0) is 9.53 Å². The highest BCUT2D eigenvalue weighted by molar-refractivity contribution is 6.30. The number of nitrogens with one attached hydrogen (secondary N) is 1. The number of carbonyl (C=O) groups is 2.